The number of hydrogen-bond donors (Lipinski definition) is 3. The summed E-state index contributed by atoms with van der Waals surface area (Å²) in [4.78, 5) is 43.4. The van der Waals surface area contributed by atoms with Gasteiger partial charge in [-0.15, -0.1) is 22.7 Å². The van der Waals surface area contributed by atoms with Crippen LogP contribution >= 0.6 is 22.7 Å². The number of anilines is 1. The highest BCUT2D eigenvalue weighted by Gasteiger charge is 2.29. The Kier molecular flexibility index (Phi) is 10.7. The summed E-state index contributed by atoms with van der Waals surface area (Å²) < 4.78 is 0. The molecule has 6 rings (SSSR count). The Labute approximate surface area is 303 Å². The van der Waals surface area contributed by atoms with Crippen LogP contribution in [0.3, 0.4) is 0 Å². The Balaban J connectivity index is 1.14. The number of rotatable bonds is 12. The van der Waals surface area contributed by atoms with Crippen LogP contribution in [0.25, 0.3) is 11.1 Å². The summed E-state index contributed by atoms with van der Waals surface area (Å²) in [5, 5.41) is 23.6. The first-order valence-electron chi connectivity index (χ1n) is 17.4. The summed E-state index contributed by atoms with van der Waals surface area (Å²) in [6.45, 7) is 17.4. The van der Waals surface area contributed by atoms with Crippen molar-refractivity contribution in [2.24, 2.45) is 10.8 Å². The van der Waals surface area contributed by atoms with Crippen molar-refractivity contribution in [1.82, 2.24) is 19.8 Å². The molecule has 2 aliphatic heterocycles. The number of amides is 1. The van der Waals surface area contributed by atoms with Gasteiger partial charge < -0.3 is 15.5 Å². The van der Waals surface area contributed by atoms with Crippen molar-refractivity contribution in [3.05, 3.63) is 84.2 Å². The average Bonchev–Trinajstić information content (AvgIpc) is 3.71. The van der Waals surface area contributed by atoms with Crippen LogP contribution in [-0.2, 0) is 32.4 Å². The van der Waals surface area contributed by atoms with Crippen LogP contribution in [0.5, 0.6) is 0 Å². The Morgan fingerprint density at radius 2 is 1.30 bits per heavy atom. The quantitative estimate of drug-likeness (QED) is 0.146. The number of carbonyl (C=O) groups excluding carboxylic acids is 2. The third-order valence-corrected chi connectivity index (χ3v) is 12.1. The molecule has 0 spiro atoms. The van der Waals surface area contributed by atoms with Crippen LogP contribution in [-0.4, -0.2) is 81.1 Å². The van der Waals surface area contributed by atoms with Gasteiger partial charge in [0.15, 0.2) is 15.8 Å². The number of fused-ring (bicyclic) bond motifs is 2. The lowest BCUT2D eigenvalue weighted by Crippen LogP contribution is -2.39. The third kappa shape index (κ3) is 8.09. The van der Waals surface area contributed by atoms with Gasteiger partial charge in [-0.1, -0.05) is 58.0 Å². The predicted octanol–water partition coefficient (Wildman–Crippen LogP) is 6.31. The fourth-order valence-corrected chi connectivity index (χ4v) is 9.08. The molecule has 2 aromatic heterocycles. The summed E-state index contributed by atoms with van der Waals surface area (Å²) in [5.41, 5.74) is 7.39. The van der Waals surface area contributed by atoms with Crippen molar-refractivity contribution in [2.75, 3.05) is 44.7 Å². The fourth-order valence-electron chi connectivity index (χ4n) is 6.95. The molecule has 0 unspecified atom stereocenters. The van der Waals surface area contributed by atoms with Crippen molar-refractivity contribution < 1.29 is 19.8 Å². The van der Waals surface area contributed by atoms with Crippen LogP contribution in [0.1, 0.15) is 85.1 Å². The highest BCUT2D eigenvalue weighted by Crippen LogP contribution is 2.34. The van der Waals surface area contributed by atoms with Gasteiger partial charge in [-0.05, 0) is 47.7 Å². The van der Waals surface area contributed by atoms with Gasteiger partial charge in [0.25, 0.3) is 5.91 Å². The summed E-state index contributed by atoms with van der Waals surface area (Å²) in [5.74, 6) is -0.190. The molecule has 4 heterocycles. The van der Waals surface area contributed by atoms with Crippen LogP contribution in [0.4, 0.5) is 5.69 Å². The number of carbonyl (C=O) groups is 2. The third-order valence-electron chi connectivity index (χ3n) is 9.88. The smallest absolute Gasteiger partial charge is 0.284 e. The molecule has 50 heavy (non-hydrogen) atoms. The minimum Gasteiger partial charge on any atom is -0.396 e. The van der Waals surface area contributed by atoms with Gasteiger partial charge in [0.05, 0.1) is 11.4 Å². The molecule has 11 heteroatoms. The minimum atomic E-state index is -0.214. The van der Waals surface area contributed by atoms with E-state index in [0.717, 1.165) is 107 Å². The molecular formula is C39H49N5O4S2. The van der Waals surface area contributed by atoms with Gasteiger partial charge in [0, 0.05) is 98.0 Å². The predicted molar refractivity (Wildman–Crippen MR) is 201 cm³/mol. The lowest BCUT2D eigenvalue weighted by molar-refractivity contribution is 0.0965. The Bertz CT molecular complexity index is 1760. The molecule has 0 saturated carbocycles. The normalized spacial score (nSPS) is 15.5. The monoisotopic (exact) mass is 715 g/mol. The SMILES string of the molecule is Cc1c(CC(=O)c2nc3c(s2)CN(CC(C)(C)CO)CC3)cccc1-c1cccc(NC(=O)c2nc3c(s2)CN(CC(C)(C)CO)CC3)c1C. The maximum absolute atomic E-state index is 13.6. The van der Waals surface area contributed by atoms with E-state index in [1.54, 1.807) is 0 Å². The van der Waals surface area contributed by atoms with Crippen molar-refractivity contribution in [1.29, 1.82) is 0 Å². The van der Waals surface area contributed by atoms with E-state index in [1.165, 1.54) is 22.7 Å². The van der Waals surface area contributed by atoms with E-state index in [9.17, 15) is 19.8 Å². The number of nitrogens with zero attached hydrogens (tertiary/aromatic N) is 4. The lowest BCUT2D eigenvalue weighted by Gasteiger charge is -2.33. The second-order valence-corrected chi connectivity index (χ2v) is 17.6. The molecule has 0 saturated heterocycles. The maximum atomic E-state index is 13.6. The Hall–Kier alpha value is -3.32. The van der Waals surface area contributed by atoms with E-state index in [-0.39, 0.29) is 42.2 Å². The average molecular weight is 716 g/mol. The van der Waals surface area contributed by atoms with E-state index < -0.39 is 0 Å². The molecule has 0 fully saturated rings. The summed E-state index contributed by atoms with van der Waals surface area (Å²) in [7, 11) is 0. The Morgan fingerprint density at radius 1 is 0.780 bits per heavy atom. The van der Waals surface area contributed by atoms with E-state index in [1.807, 2.05) is 31.2 Å². The van der Waals surface area contributed by atoms with Crippen molar-refractivity contribution in [3.63, 3.8) is 0 Å². The molecule has 1 amide bonds. The van der Waals surface area contributed by atoms with Crippen LogP contribution < -0.4 is 5.32 Å². The number of thiazole rings is 2. The van der Waals surface area contributed by atoms with Crippen LogP contribution in [0.15, 0.2) is 36.4 Å². The van der Waals surface area contributed by atoms with Gasteiger partial charge in [0.2, 0.25) is 0 Å². The number of benzene rings is 2. The van der Waals surface area contributed by atoms with Gasteiger partial charge >= 0.3 is 0 Å². The summed E-state index contributed by atoms with van der Waals surface area (Å²) >= 11 is 2.96. The number of aliphatic hydroxyl groups is 2. The molecule has 0 aliphatic carbocycles. The van der Waals surface area contributed by atoms with Crippen molar-refractivity contribution >= 4 is 40.1 Å². The van der Waals surface area contributed by atoms with Gasteiger partial charge in [-0.2, -0.15) is 0 Å². The summed E-state index contributed by atoms with van der Waals surface area (Å²) in [6, 6.07) is 12.0. The number of aliphatic hydroxyl groups excluding tert-OH is 2. The number of aromatic nitrogens is 2. The zero-order valence-corrected chi connectivity index (χ0v) is 31.7. The first-order valence-corrected chi connectivity index (χ1v) is 19.1. The van der Waals surface area contributed by atoms with Crippen molar-refractivity contribution in [2.45, 2.75) is 73.9 Å². The highest BCUT2D eigenvalue weighted by molar-refractivity contribution is 7.14. The first-order chi connectivity index (χ1) is 23.8. The van der Waals surface area contributed by atoms with Crippen LogP contribution in [0.2, 0.25) is 0 Å². The van der Waals surface area contributed by atoms with Gasteiger partial charge in [-0.25, -0.2) is 9.97 Å². The molecule has 3 N–H and O–H groups in total. The maximum Gasteiger partial charge on any atom is 0.284 e. The topological polar surface area (TPSA) is 119 Å². The molecular weight excluding hydrogens is 667 g/mol. The first kappa shape index (κ1) is 36.5. The number of hydrogen-bond acceptors (Lipinski definition) is 10. The fraction of sp³-hybridized carbons (Fsp3) is 0.487. The molecule has 0 bridgehead atoms. The standard InChI is InChI=1S/C39H49N5O4S2/c1-24-26(17-32(47)36-41-30-13-15-43(18-33(30)49-36)20-38(3,4)22-45)9-7-10-27(24)28-11-8-12-29(25(28)2)40-35(48)37-42-31-14-16-44(19-34(31)50-37)21-39(5,6)23-46/h7-12,45-46H,13-23H2,1-6H3,(H,40,48). The van der Waals surface area contributed by atoms with E-state index >= 15 is 0 Å². The van der Waals surface area contributed by atoms with Crippen LogP contribution in [0, 0.1) is 24.7 Å². The van der Waals surface area contributed by atoms with Gasteiger partial charge in [0.1, 0.15) is 0 Å². The van der Waals surface area contributed by atoms with Crippen molar-refractivity contribution in [3.8, 4) is 11.1 Å². The lowest BCUT2D eigenvalue weighted by atomic mass is 9.91. The van der Waals surface area contributed by atoms with E-state index in [2.05, 4.69) is 61.9 Å². The minimum absolute atomic E-state index is 0.0241. The summed E-state index contributed by atoms with van der Waals surface area (Å²) in [6.07, 6.45) is 1.88. The second kappa shape index (κ2) is 14.7. The molecule has 2 aromatic carbocycles. The number of ketones is 1. The van der Waals surface area contributed by atoms with Gasteiger partial charge in [-0.3, -0.25) is 19.4 Å². The number of nitrogens with one attached hydrogen (secondary N) is 1. The molecule has 266 valence electrons. The zero-order valence-electron chi connectivity index (χ0n) is 30.1. The zero-order chi connectivity index (χ0) is 35.8. The molecule has 0 radical (unpaired) electrons. The molecule has 4 aromatic rings. The largest absolute Gasteiger partial charge is 0.396 e. The van der Waals surface area contributed by atoms with E-state index in [0.29, 0.717) is 10.0 Å². The molecule has 9 nitrogen and oxygen atoms in total. The highest BCUT2D eigenvalue weighted by atomic mass is 32.1. The molecule has 2 aliphatic rings. The Morgan fingerprint density at radius 3 is 1.88 bits per heavy atom. The second-order valence-electron chi connectivity index (χ2n) is 15.5. The number of Topliss-reactive ketones (excluding diaryl/α,β-unsaturated/α-hetero) is 1. The molecule has 0 atom stereocenters. The van der Waals surface area contributed by atoms with E-state index in [4.69, 9.17) is 9.97 Å².